The lowest BCUT2D eigenvalue weighted by Gasteiger charge is -2.54. The summed E-state index contributed by atoms with van der Waals surface area (Å²) >= 11 is 4.57. The fourth-order valence-electron chi connectivity index (χ4n) is 4.38. The number of hydrogen-bond acceptors (Lipinski definition) is 8. The lowest BCUT2D eigenvalue weighted by molar-refractivity contribution is 0.0362. The van der Waals surface area contributed by atoms with Crippen LogP contribution in [0.3, 0.4) is 0 Å². The van der Waals surface area contributed by atoms with E-state index < -0.39 is 0 Å². The van der Waals surface area contributed by atoms with Gasteiger partial charge in [0.2, 0.25) is 5.95 Å². The van der Waals surface area contributed by atoms with Gasteiger partial charge in [-0.05, 0) is 76.3 Å². The first-order chi connectivity index (χ1) is 15.2. The molecule has 2 N–H and O–H groups in total. The maximum absolute atomic E-state index is 11.5. The van der Waals surface area contributed by atoms with Crippen LogP contribution in [0.15, 0.2) is 35.4 Å². The summed E-state index contributed by atoms with van der Waals surface area (Å²) in [5, 5.41) is 16.7. The van der Waals surface area contributed by atoms with Crippen molar-refractivity contribution in [2.75, 3.05) is 18.4 Å². The van der Waals surface area contributed by atoms with Gasteiger partial charge in [-0.2, -0.15) is 4.98 Å². The number of carbonyl (C=O) groups excluding carboxylic acids is 1. The van der Waals surface area contributed by atoms with E-state index in [1.807, 2.05) is 13.8 Å². The molecule has 1 saturated carbocycles. The number of nitrogens with zero attached hydrogens (tertiary/aromatic N) is 4. The Hall–Kier alpha value is -2.81. The number of carbonyl (C=O) groups is 1. The first kappa shape index (κ1) is 22.4. The molecular formula is C23H30N6O2S. The number of rotatable bonds is 8. The van der Waals surface area contributed by atoms with Crippen molar-refractivity contribution < 1.29 is 9.53 Å². The van der Waals surface area contributed by atoms with Gasteiger partial charge in [-0.25, -0.2) is 4.68 Å². The normalized spacial score (nSPS) is 22.5. The van der Waals surface area contributed by atoms with E-state index in [-0.39, 0.29) is 11.8 Å². The van der Waals surface area contributed by atoms with E-state index in [0.29, 0.717) is 46.9 Å². The zero-order chi connectivity index (χ0) is 23.0. The monoisotopic (exact) mass is 454 g/mol. The molecular weight excluding hydrogens is 424 g/mol. The quantitative estimate of drug-likeness (QED) is 0.311. The summed E-state index contributed by atoms with van der Waals surface area (Å²) in [5.41, 5.74) is 1.15. The SMILES string of the molecule is CC(=N)/C=C(\S)N1CC2C[C@@H](C1)[C@@H]2Nc1nc(Oc2ccc(C(C)=O)cc2)n(C(C)C)n1. The van der Waals surface area contributed by atoms with Crippen LogP contribution >= 0.6 is 12.6 Å². The average molecular weight is 455 g/mol. The highest BCUT2D eigenvalue weighted by atomic mass is 32.1. The molecule has 0 amide bonds. The summed E-state index contributed by atoms with van der Waals surface area (Å²) in [5.74, 6) is 2.18. The van der Waals surface area contributed by atoms with Crippen LogP contribution in [0.4, 0.5) is 5.95 Å². The molecule has 0 spiro atoms. The molecule has 2 bridgehead atoms. The molecule has 2 saturated heterocycles. The molecule has 170 valence electrons. The van der Waals surface area contributed by atoms with Crippen LogP contribution in [-0.4, -0.2) is 50.3 Å². The summed E-state index contributed by atoms with van der Waals surface area (Å²) in [6.45, 7) is 9.19. The zero-order valence-corrected chi connectivity index (χ0v) is 19.8. The second kappa shape index (κ2) is 8.97. The van der Waals surface area contributed by atoms with E-state index in [1.54, 1.807) is 48.9 Å². The predicted octanol–water partition coefficient (Wildman–Crippen LogP) is 4.40. The Labute approximate surface area is 194 Å². The predicted molar refractivity (Wildman–Crippen MR) is 128 cm³/mol. The number of allylic oxidation sites excluding steroid dienone is 1. The number of piperidine rings is 2. The van der Waals surface area contributed by atoms with Gasteiger partial charge >= 0.3 is 6.01 Å². The summed E-state index contributed by atoms with van der Waals surface area (Å²) in [4.78, 5) is 18.3. The van der Waals surface area contributed by atoms with Crippen molar-refractivity contribution in [2.24, 2.45) is 11.8 Å². The lowest BCUT2D eigenvalue weighted by atomic mass is 9.66. The second-order valence-electron chi connectivity index (χ2n) is 8.96. The number of ether oxygens (including phenoxy) is 1. The van der Waals surface area contributed by atoms with Crippen LogP contribution in [-0.2, 0) is 0 Å². The molecule has 5 rings (SSSR count). The third-order valence-electron chi connectivity index (χ3n) is 6.06. The van der Waals surface area contributed by atoms with Gasteiger partial charge in [-0.1, -0.05) is 0 Å². The van der Waals surface area contributed by atoms with Crippen LogP contribution in [0, 0.1) is 17.2 Å². The number of thiol groups is 1. The molecule has 3 atom stereocenters. The van der Waals surface area contributed by atoms with Crippen LogP contribution in [0.25, 0.3) is 0 Å². The Kier molecular flexibility index (Phi) is 6.28. The Morgan fingerprint density at radius 1 is 1.25 bits per heavy atom. The molecule has 32 heavy (non-hydrogen) atoms. The van der Waals surface area contributed by atoms with Crippen molar-refractivity contribution in [3.8, 4) is 11.8 Å². The molecule has 3 fully saturated rings. The van der Waals surface area contributed by atoms with E-state index in [1.165, 1.54) is 6.42 Å². The lowest BCUT2D eigenvalue weighted by Crippen LogP contribution is -2.60. The van der Waals surface area contributed by atoms with Crippen LogP contribution < -0.4 is 10.1 Å². The summed E-state index contributed by atoms with van der Waals surface area (Å²) in [6, 6.07) is 7.86. The highest BCUT2D eigenvalue weighted by Gasteiger charge is 2.47. The Morgan fingerprint density at radius 2 is 1.91 bits per heavy atom. The van der Waals surface area contributed by atoms with E-state index in [0.717, 1.165) is 18.1 Å². The van der Waals surface area contributed by atoms with E-state index in [2.05, 4.69) is 32.9 Å². The standard InChI is InChI=1S/C23H30N6O2S/c1-13(2)29-23(31-19-7-5-16(6-8-19)15(4)30)26-22(27-29)25-21-17-10-18(21)12-28(11-17)20(32)9-14(3)24/h5-9,13,17-18,21,24,32H,10-12H2,1-4H3,(H,25,27)/b20-9-,24-14?/t17-,18?,21-/m0/s1. The molecule has 1 aromatic heterocycles. The van der Waals surface area contributed by atoms with Gasteiger partial charge in [0.15, 0.2) is 5.78 Å². The van der Waals surface area contributed by atoms with Crippen molar-refractivity contribution in [3.05, 3.63) is 40.9 Å². The molecule has 2 aromatic rings. The van der Waals surface area contributed by atoms with Crippen molar-refractivity contribution >= 4 is 30.1 Å². The Bertz CT molecular complexity index is 1030. The number of benzene rings is 1. The average Bonchev–Trinajstić information content (AvgIpc) is 3.14. The van der Waals surface area contributed by atoms with E-state index >= 15 is 0 Å². The Morgan fingerprint density at radius 3 is 2.47 bits per heavy atom. The molecule has 1 unspecified atom stereocenters. The fraction of sp³-hybridized carbons (Fsp3) is 0.478. The van der Waals surface area contributed by atoms with Crippen LogP contribution in [0.5, 0.6) is 11.8 Å². The molecule has 0 radical (unpaired) electrons. The first-order valence-electron chi connectivity index (χ1n) is 10.9. The van der Waals surface area contributed by atoms with Gasteiger partial charge in [-0.15, -0.1) is 17.7 Å². The largest absolute Gasteiger partial charge is 0.424 e. The second-order valence-corrected chi connectivity index (χ2v) is 9.41. The van der Waals surface area contributed by atoms with Crippen molar-refractivity contribution in [3.63, 3.8) is 0 Å². The van der Waals surface area contributed by atoms with Crippen molar-refractivity contribution in [1.29, 1.82) is 5.41 Å². The van der Waals surface area contributed by atoms with Crippen molar-refractivity contribution in [1.82, 2.24) is 19.7 Å². The van der Waals surface area contributed by atoms with Gasteiger partial charge in [0.1, 0.15) is 5.75 Å². The van der Waals surface area contributed by atoms with Gasteiger partial charge in [0, 0.05) is 30.4 Å². The number of ketones is 1. The molecule has 1 aromatic carbocycles. The molecule has 2 aliphatic heterocycles. The number of nitrogens with one attached hydrogen (secondary N) is 2. The highest BCUT2D eigenvalue weighted by Crippen LogP contribution is 2.43. The smallest absolute Gasteiger partial charge is 0.322 e. The van der Waals surface area contributed by atoms with Gasteiger partial charge < -0.3 is 20.4 Å². The molecule has 9 heteroatoms. The molecule has 3 aliphatic rings. The molecule has 3 heterocycles. The zero-order valence-electron chi connectivity index (χ0n) is 18.9. The van der Waals surface area contributed by atoms with Gasteiger partial charge in [-0.3, -0.25) is 4.79 Å². The number of fused-ring (bicyclic) bond motifs is 2. The maximum Gasteiger partial charge on any atom is 0.322 e. The number of Topliss-reactive ketones (excluding diaryl/α,β-unsaturated/α-hetero) is 1. The third kappa shape index (κ3) is 4.67. The van der Waals surface area contributed by atoms with Gasteiger partial charge in [0.05, 0.1) is 11.1 Å². The third-order valence-corrected chi connectivity index (χ3v) is 6.47. The summed E-state index contributed by atoms with van der Waals surface area (Å²) < 4.78 is 7.76. The van der Waals surface area contributed by atoms with Gasteiger partial charge in [0.25, 0.3) is 0 Å². The minimum Gasteiger partial charge on any atom is -0.424 e. The van der Waals surface area contributed by atoms with E-state index in [4.69, 9.17) is 10.1 Å². The number of anilines is 1. The topological polar surface area (TPSA) is 96.1 Å². The number of aromatic nitrogens is 3. The minimum atomic E-state index is 0.0199. The number of hydrogen-bond donors (Lipinski definition) is 3. The van der Waals surface area contributed by atoms with Crippen LogP contribution in [0.2, 0.25) is 0 Å². The van der Waals surface area contributed by atoms with Crippen LogP contribution in [0.1, 0.15) is 50.5 Å². The molecule has 1 aliphatic carbocycles. The summed E-state index contributed by atoms with van der Waals surface area (Å²) in [7, 11) is 0. The fourth-order valence-corrected chi connectivity index (χ4v) is 4.74. The van der Waals surface area contributed by atoms with E-state index in [9.17, 15) is 4.79 Å². The highest BCUT2D eigenvalue weighted by molar-refractivity contribution is 7.84. The maximum atomic E-state index is 11.5. The van der Waals surface area contributed by atoms with Crippen molar-refractivity contribution in [2.45, 2.75) is 46.2 Å². The first-order valence-corrected chi connectivity index (χ1v) is 11.4. The Balaban J connectivity index is 1.44. The molecule has 8 nitrogen and oxygen atoms in total. The summed E-state index contributed by atoms with van der Waals surface area (Å²) in [6.07, 6.45) is 2.98. The minimum absolute atomic E-state index is 0.0199.